The Labute approximate surface area is 123 Å². The van der Waals surface area contributed by atoms with Crippen LogP contribution in [-0.4, -0.2) is 20.9 Å². The normalized spacial score (nSPS) is 10.5. The van der Waals surface area contributed by atoms with Crippen molar-refractivity contribution < 1.29 is 4.79 Å². The molecule has 0 bridgehead atoms. The van der Waals surface area contributed by atoms with E-state index in [1.165, 1.54) is 4.68 Å². The lowest BCUT2D eigenvalue weighted by molar-refractivity contribution is -0.116. The molecule has 0 aliphatic carbocycles. The molecule has 19 heavy (non-hydrogen) atoms. The van der Waals surface area contributed by atoms with Crippen molar-refractivity contribution in [2.45, 2.75) is 13.1 Å². The van der Waals surface area contributed by atoms with Crippen molar-refractivity contribution >= 4 is 39.1 Å². The molecule has 8 heteroatoms. The Hall–Kier alpha value is -1.44. The summed E-state index contributed by atoms with van der Waals surface area (Å²) in [5.41, 5.74) is 6.66. The van der Waals surface area contributed by atoms with E-state index in [9.17, 15) is 4.79 Å². The zero-order valence-electron chi connectivity index (χ0n) is 9.81. The first kappa shape index (κ1) is 14.0. The molecule has 0 saturated heterocycles. The molecule has 0 atom stereocenters. The number of hydrogen-bond acceptors (Lipinski definition) is 4. The third kappa shape index (κ3) is 3.76. The highest BCUT2D eigenvalue weighted by Gasteiger charge is 2.08. The number of carbonyl (C=O) groups is 1. The standard InChI is InChI=1S/C11H11BrClN5O/c12-9-2-1-7(13)3-10(9)15-11(19)6-18-5-8(4-14)16-17-18/h1-3,5H,4,6,14H2,(H,15,19). The fourth-order valence-corrected chi connectivity index (χ4v) is 1.96. The minimum absolute atomic E-state index is 0.0615. The molecule has 0 unspecified atom stereocenters. The monoisotopic (exact) mass is 343 g/mol. The van der Waals surface area contributed by atoms with Gasteiger partial charge in [0.2, 0.25) is 5.91 Å². The molecule has 1 aromatic carbocycles. The predicted octanol–water partition coefficient (Wildman–Crippen LogP) is 1.79. The van der Waals surface area contributed by atoms with E-state index >= 15 is 0 Å². The minimum atomic E-state index is -0.226. The summed E-state index contributed by atoms with van der Waals surface area (Å²) in [6.45, 7) is 0.355. The molecule has 0 spiro atoms. The molecule has 0 radical (unpaired) electrons. The van der Waals surface area contributed by atoms with Gasteiger partial charge in [0.05, 0.1) is 17.6 Å². The van der Waals surface area contributed by atoms with Gasteiger partial charge in [-0.1, -0.05) is 16.8 Å². The summed E-state index contributed by atoms with van der Waals surface area (Å²) in [6.07, 6.45) is 1.63. The molecule has 0 saturated carbocycles. The Bertz CT molecular complexity index is 601. The number of rotatable bonds is 4. The fourth-order valence-electron chi connectivity index (χ4n) is 1.44. The van der Waals surface area contributed by atoms with Crippen LogP contribution in [0.1, 0.15) is 5.69 Å². The molecular formula is C11H11BrClN5O. The van der Waals surface area contributed by atoms with Gasteiger partial charge < -0.3 is 11.1 Å². The van der Waals surface area contributed by atoms with E-state index in [2.05, 4.69) is 31.6 Å². The quantitative estimate of drug-likeness (QED) is 0.885. The zero-order chi connectivity index (χ0) is 13.8. The van der Waals surface area contributed by atoms with Crippen molar-refractivity contribution in [3.8, 4) is 0 Å². The van der Waals surface area contributed by atoms with Crippen molar-refractivity contribution in [3.63, 3.8) is 0 Å². The summed E-state index contributed by atoms with van der Waals surface area (Å²) in [5, 5.41) is 10.9. The average molecular weight is 345 g/mol. The number of amides is 1. The minimum Gasteiger partial charge on any atom is -0.325 e. The first-order chi connectivity index (χ1) is 9.08. The third-order valence-corrected chi connectivity index (χ3v) is 3.23. The zero-order valence-corrected chi connectivity index (χ0v) is 12.1. The Kier molecular flexibility index (Phi) is 4.52. The van der Waals surface area contributed by atoms with Gasteiger partial charge in [0.25, 0.3) is 0 Å². The van der Waals surface area contributed by atoms with Gasteiger partial charge in [-0.15, -0.1) is 5.10 Å². The summed E-state index contributed by atoms with van der Waals surface area (Å²) in [5.74, 6) is -0.226. The van der Waals surface area contributed by atoms with E-state index in [-0.39, 0.29) is 12.5 Å². The van der Waals surface area contributed by atoms with E-state index in [1.54, 1.807) is 24.4 Å². The highest BCUT2D eigenvalue weighted by Crippen LogP contribution is 2.25. The van der Waals surface area contributed by atoms with Crippen LogP contribution in [0.4, 0.5) is 5.69 Å². The predicted molar refractivity (Wildman–Crippen MR) is 75.7 cm³/mol. The second kappa shape index (κ2) is 6.14. The number of nitrogens with zero attached hydrogens (tertiary/aromatic N) is 3. The van der Waals surface area contributed by atoms with E-state index in [0.29, 0.717) is 22.9 Å². The topological polar surface area (TPSA) is 85.8 Å². The molecule has 0 aliphatic rings. The molecular weight excluding hydrogens is 334 g/mol. The number of halogens is 2. The molecule has 1 heterocycles. The van der Waals surface area contributed by atoms with Crippen molar-refractivity contribution in [1.82, 2.24) is 15.0 Å². The second-order valence-corrected chi connectivity index (χ2v) is 5.07. The Morgan fingerprint density at radius 3 is 3.00 bits per heavy atom. The number of carbonyl (C=O) groups excluding carboxylic acids is 1. The molecule has 6 nitrogen and oxygen atoms in total. The SMILES string of the molecule is NCc1cn(CC(=O)Nc2cc(Cl)ccc2Br)nn1. The highest BCUT2D eigenvalue weighted by atomic mass is 79.9. The lowest BCUT2D eigenvalue weighted by atomic mass is 10.3. The maximum atomic E-state index is 11.8. The Morgan fingerprint density at radius 2 is 2.32 bits per heavy atom. The van der Waals surface area contributed by atoms with E-state index in [0.717, 1.165) is 4.47 Å². The van der Waals surface area contributed by atoms with Crippen molar-refractivity contribution in [2.24, 2.45) is 5.73 Å². The number of aromatic nitrogens is 3. The van der Waals surface area contributed by atoms with Crippen LogP contribution in [0.3, 0.4) is 0 Å². The van der Waals surface area contributed by atoms with Crippen LogP contribution in [-0.2, 0) is 17.9 Å². The largest absolute Gasteiger partial charge is 0.325 e. The number of nitrogens with one attached hydrogen (secondary N) is 1. The fraction of sp³-hybridized carbons (Fsp3) is 0.182. The van der Waals surface area contributed by atoms with Gasteiger partial charge in [0, 0.05) is 16.0 Å². The van der Waals surface area contributed by atoms with Gasteiger partial charge >= 0.3 is 0 Å². The number of anilines is 1. The van der Waals surface area contributed by atoms with Crippen LogP contribution in [0.25, 0.3) is 0 Å². The van der Waals surface area contributed by atoms with Gasteiger partial charge in [-0.25, -0.2) is 4.68 Å². The molecule has 0 aliphatic heterocycles. The van der Waals surface area contributed by atoms with E-state index < -0.39 is 0 Å². The van der Waals surface area contributed by atoms with Crippen molar-refractivity contribution in [1.29, 1.82) is 0 Å². The average Bonchev–Trinajstić information content (AvgIpc) is 2.81. The maximum Gasteiger partial charge on any atom is 0.246 e. The third-order valence-electron chi connectivity index (χ3n) is 2.30. The second-order valence-electron chi connectivity index (χ2n) is 3.78. The lowest BCUT2D eigenvalue weighted by Crippen LogP contribution is -2.19. The number of hydrogen-bond donors (Lipinski definition) is 2. The number of benzene rings is 1. The van der Waals surface area contributed by atoms with Crippen LogP contribution >= 0.6 is 27.5 Å². The summed E-state index contributed by atoms with van der Waals surface area (Å²) < 4.78 is 2.18. The van der Waals surface area contributed by atoms with Crippen molar-refractivity contribution in [3.05, 3.63) is 39.6 Å². The van der Waals surface area contributed by atoms with Crippen molar-refractivity contribution in [2.75, 3.05) is 5.32 Å². The number of nitrogens with two attached hydrogens (primary N) is 1. The van der Waals surface area contributed by atoms with Gasteiger partial charge in [-0.05, 0) is 34.1 Å². The molecule has 1 aromatic heterocycles. The molecule has 2 rings (SSSR count). The summed E-state index contributed by atoms with van der Waals surface area (Å²) in [7, 11) is 0. The summed E-state index contributed by atoms with van der Waals surface area (Å²) in [6, 6.07) is 5.16. The van der Waals surface area contributed by atoms with Crippen LogP contribution in [0, 0.1) is 0 Å². The smallest absolute Gasteiger partial charge is 0.246 e. The van der Waals surface area contributed by atoms with Gasteiger partial charge in [-0.2, -0.15) is 0 Å². The Morgan fingerprint density at radius 1 is 1.53 bits per heavy atom. The summed E-state index contributed by atoms with van der Waals surface area (Å²) in [4.78, 5) is 11.8. The molecule has 100 valence electrons. The first-order valence-corrected chi connectivity index (χ1v) is 6.59. The van der Waals surface area contributed by atoms with Gasteiger partial charge in [-0.3, -0.25) is 4.79 Å². The first-order valence-electron chi connectivity index (χ1n) is 5.42. The van der Waals surface area contributed by atoms with E-state index in [1.807, 2.05) is 0 Å². The molecule has 0 fully saturated rings. The summed E-state index contributed by atoms with van der Waals surface area (Å²) >= 11 is 9.20. The van der Waals surface area contributed by atoms with Gasteiger partial charge in [0.1, 0.15) is 6.54 Å². The van der Waals surface area contributed by atoms with Gasteiger partial charge in [0.15, 0.2) is 0 Å². The maximum absolute atomic E-state index is 11.8. The van der Waals surface area contributed by atoms with Crippen LogP contribution < -0.4 is 11.1 Å². The Balaban J connectivity index is 2.03. The molecule has 1 amide bonds. The van der Waals surface area contributed by atoms with E-state index in [4.69, 9.17) is 17.3 Å². The van der Waals surface area contributed by atoms with Crippen LogP contribution in [0.5, 0.6) is 0 Å². The molecule has 2 aromatic rings. The van der Waals surface area contributed by atoms with Crippen LogP contribution in [0.2, 0.25) is 5.02 Å². The van der Waals surface area contributed by atoms with Crippen LogP contribution in [0.15, 0.2) is 28.9 Å². The lowest BCUT2D eigenvalue weighted by Gasteiger charge is -2.07. The highest BCUT2D eigenvalue weighted by molar-refractivity contribution is 9.10. The molecule has 3 N–H and O–H groups in total.